The molecule has 32 heavy (non-hydrogen) atoms. The Bertz CT molecular complexity index is 1240. The molecule has 1 saturated carbocycles. The standard InChI is InChI=1S/C26H23N3O3/c30-19-6-3-5-17(10-13-19)21-7-4-16-27-26(21)32-20-14-11-18(12-15-20)24(31)25-28-22-8-1-2-9-23(22)29-25/h1-2,4,7-9,11-12,14-17H,3,5-6,10,13H2,(H,28,29). The highest BCUT2D eigenvalue weighted by Crippen LogP contribution is 2.36. The Morgan fingerprint density at radius 1 is 0.969 bits per heavy atom. The third-order valence-corrected chi connectivity index (χ3v) is 5.96. The minimum atomic E-state index is -0.172. The normalized spacial score (nSPS) is 16.6. The predicted octanol–water partition coefficient (Wildman–Crippen LogP) is 5.60. The average molecular weight is 425 g/mol. The number of hydrogen-bond acceptors (Lipinski definition) is 5. The summed E-state index contributed by atoms with van der Waals surface area (Å²) >= 11 is 0. The van der Waals surface area contributed by atoms with Crippen molar-refractivity contribution in [1.29, 1.82) is 0 Å². The van der Waals surface area contributed by atoms with Crippen molar-refractivity contribution < 1.29 is 14.3 Å². The van der Waals surface area contributed by atoms with E-state index >= 15 is 0 Å². The van der Waals surface area contributed by atoms with E-state index in [-0.39, 0.29) is 11.7 Å². The van der Waals surface area contributed by atoms with Gasteiger partial charge in [-0.25, -0.2) is 9.97 Å². The molecule has 2 aromatic heterocycles. The molecule has 0 spiro atoms. The fourth-order valence-electron chi connectivity index (χ4n) is 4.24. The molecule has 0 aliphatic heterocycles. The summed E-state index contributed by atoms with van der Waals surface area (Å²) in [4.78, 5) is 36.5. The Kier molecular flexibility index (Phi) is 5.50. The van der Waals surface area contributed by atoms with E-state index < -0.39 is 0 Å². The molecule has 0 saturated heterocycles. The van der Waals surface area contributed by atoms with E-state index in [1.807, 2.05) is 36.4 Å². The van der Waals surface area contributed by atoms with Crippen LogP contribution in [0.4, 0.5) is 0 Å². The number of pyridine rings is 1. The highest BCUT2D eigenvalue weighted by atomic mass is 16.5. The molecule has 6 nitrogen and oxygen atoms in total. The minimum Gasteiger partial charge on any atom is -0.439 e. The molecule has 160 valence electrons. The fourth-order valence-corrected chi connectivity index (χ4v) is 4.24. The number of ketones is 2. The molecule has 0 radical (unpaired) electrons. The monoisotopic (exact) mass is 425 g/mol. The zero-order chi connectivity index (χ0) is 21.9. The highest BCUT2D eigenvalue weighted by molar-refractivity contribution is 6.08. The Labute approximate surface area is 185 Å². The first kappa shape index (κ1) is 20.1. The van der Waals surface area contributed by atoms with Gasteiger partial charge in [-0.05, 0) is 67.6 Å². The van der Waals surface area contributed by atoms with Crippen LogP contribution in [0.2, 0.25) is 0 Å². The lowest BCUT2D eigenvalue weighted by Crippen LogP contribution is -2.04. The maximum Gasteiger partial charge on any atom is 0.228 e. The van der Waals surface area contributed by atoms with E-state index in [0.29, 0.717) is 41.6 Å². The van der Waals surface area contributed by atoms with Crippen LogP contribution in [0.15, 0.2) is 66.9 Å². The van der Waals surface area contributed by atoms with Gasteiger partial charge < -0.3 is 9.72 Å². The fraction of sp³-hybridized carbons (Fsp3) is 0.231. The van der Waals surface area contributed by atoms with Gasteiger partial charge >= 0.3 is 0 Å². The molecule has 1 fully saturated rings. The SMILES string of the molecule is O=C1CCCC(c2cccnc2Oc2ccc(C(=O)c3nc4ccccc4[nH]3)cc2)CC1. The lowest BCUT2D eigenvalue weighted by molar-refractivity contribution is -0.118. The van der Waals surface area contributed by atoms with Gasteiger partial charge in [-0.3, -0.25) is 9.59 Å². The molecule has 2 aromatic carbocycles. The van der Waals surface area contributed by atoms with Crippen LogP contribution in [-0.2, 0) is 4.79 Å². The summed E-state index contributed by atoms with van der Waals surface area (Å²) in [6.07, 6.45) is 5.66. The molecular formula is C26H23N3O3. The molecule has 0 amide bonds. The Balaban J connectivity index is 1.34. The largest absolute Gasteiger partial charge is 0.439 e. The maximum absolute atomic E-state index is 12.8. The molecule has 1 atom stereocenters. The van der Waals surface area contributed by atoms with Gasteiger partial charge in [-0.15, -0.1) is 0 Å². The summed E-state index contributed by atoms with van der Waals surface area (Å²) in [6.45, 7) is 0. The van der Waals surface area contributed by atoms with Gasteiger partial charge in [0.05, 0.1) is 11.0 Å². The van der Waals surface area contributed by atoms with Crippen molar-refractivity contribution in [2.45, 2.75) is 38.0 Å². The van der Waals surface area contributed by atoms with Crippen LogP contribution < -0.4 is 4.74 Å². The van der Waals surface area contributed by atoms with Crippen LogP contribution in [0, 0.1) is 0 Å². The molecule has 1 N–H and O–H groups in total. The number of rotatable bonds is 5. The Morgan fingerprint density at radius 2 is 1.81 bits per heavy atom. The second kappa shape index (κ2) is 8.75. The van der Waals surface area contributed by atoms with Gasteiger partial charge in [0.1, 0.15) is 11.5 Å². The second-order valence-electron chi connectivity index (χ2n) is 8.12. The lowest BCUT2D eigenvalue weighted by Gasteiger charge is -2.17. The zero-order valence-corrected chi connectivity index (χ0v) is 17.6. The van der Waals surface area contributed by atoms with E-state index in [2.05, 4.69) is 15.0 Å². The topological polar surface area (TPSA) is 84.9 Å². The number of benzene rings is 2. The maximum atomic E-state index is 12.8. The first-order valence-corrected chi connectivity index (χ1v) is 10.9. The van der Waals surface area contributed by atoms with Gasteiger partial charge in [0, 0.05) is 30.2 Å². The van der Waals surface area contributed by atoms with E-state index in [4.69, 9.17) is 4.74 Å². The number of nitrogens with one attached hydrogen (secondary N) is 1. The summed E-state index contributed by atoms with van der Waals surface area (Å²) in [5.41, 5.74) is 3.15. The lowest BCUT2D eigenvalue weighted by atomic mass is 9.92. The number of fused-ring (bicyclic) bond motifs is 1. The van der Waals surface area contributed by atoms with E-state index in [1.165, 1.54) is 0 Å². The second-order valence-corrected chi connectivity index (χ2v) is 8.12. The molecule has 1 aliphatic rings. The summed E-state index contributed by atoms with van der Waals surface area (Å²) in [6, 6.07) is 18.5. The number of carbonyl (C=O) groups is 2. The average Bonchev–Trinajstić information content (AvgIpc) is 3.14. The molecule has 5 rings (SSSR count). The number of nitrogens with zero attached hydrogens (tertiary/aromatic N) is 2. The number of hydrogen-bond donors (Lipinski definition) is 1. The summed E-state index contributed by atoms with van der Waals surface area (Å²) in [5, 5.41) is 0. The molecule has 2 heterocycles. The molecule has 6 heteroatoms. The van der Waals surface area contributed by atoms with Crippen LogP contribution in [0.3, 0.4) is 0 Å². The summed E-state index contributed by atoms with van der Waals surface area (Å²) in [7, 11) is 0. The van der Waals surface area contributed by atoms with Crippen LogP contribution in [0.25, 0.3) is 11.0 Å². The molecule has 0 bridgehead atoms. The Morgan fingerprint density at radius 3 is 2.66 bits per heavy atom. The number of aromatic amines is 1. The number of carbonyl (C=O) groups excluding carboxylic acids is 2. The molecule has 1 aliphatic carbocycles. The number of imidazole rings is 1. The third kappa shape index (κ3) is 4.17. The first-order valence-electron chi connectivity index (χ1n) is 10.9. The quantitative estimate of drug-likeness (QED) is 0.332. The van der Waals surface area contributed by atoms with Crippen molar-refractivity contribution in [2.24, 2.45) is 0 Å². The van der Waals surface area contributed by atoms with Crippen molar-refractivity contribution in [3.05, 3.63) is 83.8 Å². The van der Waals surface area contributed by atoms with Crippen molar-refractivity contribution in [2.75, 3.05) is 0 Å². The van der Waals surface area contributed by atoms with Gasteiger partial charge in [0.15, 0.2) is 5.82 Å². The van der Waals surface area contributed by atoms with Crippen LogP contribution in [-0.4, -0.2) is 26.5 Å². The predicted molar refractivity (Wildman–Crippen MR) is 121 cm³/mol. The van der Waals surface area contributed by atoms with E-state index in [9.17, 15) is 9.59 Å². The van der Waals surface area contributed by atoms with Gasteiger partial charge in [-0.2, -0.15) is 0 Å². The Hall–Kier alpha value is -3.80. The third-order valence-electron chi connectivity index (χ3n) is 5.96. The molecule has 1 unspecified atom stereocenters. The van der Waals surface area contributed by atoms with Crippen LogP contribution in [0.5, 0.6) is 11.6 Å². The summed E-state index contributed by atoms with van der Waals surface area (Å²) in [5.74, 6) is 1.91. The smallest absolute Gasteiger partial charge is 0.228 e. The highest BCUT2D eigenvalue weighted by Gasteiger charge is 2.22. The number of para-hydroxylation sites is 2. The minimum absolute atomic E-state index is 0.172. The van der Waals surface area contributed by atoms with Crippen molar-refractivity contribution in [3.63, 3.8) is 0 Å². The van der Waals surface area contributed by atoms with Gasteiger partial charge in [-0.1, -0.05) is 18.2 Å². The van der Waals surface area contributed by atoms with Gasteiger partial charge in [0.2, 0.25) is 11.7 Å². The number of aromatic nitrogens is 3. The van der Waals surface area contributed by atoms with E-state index in [1.54, 1.807) is 30.5 Å². The summed E-state index contributed by atoms with van der Waals surface area (Å²) < 4.78 is 6.09. The van der Waals surface area contributed by atoms with Crippen molar-refractivity contribution in [3.8, 4) is 11.6 Å². The van der Waals surface area contributed by atoms with Gasteiger partial charge in [0.25, 0.3) is 0 Å². The molecular weight excluding hydrogens is 402 g/mol. The first-order chi connectivity index (χ1) is 15.7. The number of ether oxygens (including phenoxy) is 1. The van der Waals surface area contributed by atoms with E-state index in [0.717, 1.165) is 35.9 Å². The number of H-pyrrole nitrogens is 1. The van der Waals surface area contributed by atoms with Crippen LogP contribution in [0.1, 0.15) is 59.8 Å². The van der Waals surface area contributed by atoms with Crippen molar-refractivity contribution >= 4 is 22.6 Å². The van der Waals surface area contributed by atoms with Crippen LogP contribution >= 0.6 is 0 Å². The zero-order valence-electron chi connectivity index (χ0n) is 17.6. The molecule has 4 aromatic rings. The van der Waals surface area contributed by atoms with Crippen molar-refractivity contribution in [1.82, 2.24) is 15.0 Å². The number of Topliss-reactive ketones (excluding diaryl/α,β-unsaturated/α-hetero) is 1.